The average molecular weight is 401 g/mol. The van der Waals surface area contributed by atoms with E-state index in [1.165, 1.54) is 0 Å². The summed E-state index contributed by atoms with van der Waals surface area (Å²) in [6, 6.07) is 11.7. The van der Waals surface area contributed by atoms with Gasteiger partial charge in [0.1, 0.15) is 6.54 Å². The number of hydrogen-bond donors (Lipinski definition) is 2. The van der Waals surface area contributed by atoms with Crippen molar-refractivity contribution < 1.29 is 4.52 Å². The second-order valence-electron chi connectivity index (χ2n) is 6.27. The molecule has 0 radical (unpaired) electrons. The van der Waals surface area contributed by atoms with Crippen molar-refractivity contribution in [3.63, 3.8) is 0 Å². The smallest absolute Gasteiger partial charge is 0.191 e. The number of aryl methyl sites for hydroxylation is 1. The molecule has 0 saturated heterocycles. The van der Waals surface area contributed by atoms with Crippen LogP contribution in [0.1, 0.15) is 36.9 Å². The summed E-state index contributed by atoms with van der Waals surface area (Å²) >= 11 is 6.04. The molecule has 2 N–H and O–H groups in total. The van der Waals surface area contributed by atoms with Crippen LogP contribution in [0.5, 0.6) is 0 Å². The zero-order valence-corrected chi connectivity index (χ0v) is 16.9. The first-order valence-corrected chi connectivity index (χ1v) is 9.78. The molecule has 3 aromatic rings. The molecule has 8 heteroatoms. The van der Waals surface area contributed by atoms with Gasteiger partial charge in [0.15, 0.2) is 11.7 Å². The molecule has 0 saturated carbocycles. The monoisotopic (exact) mass is 400 g/mol. The molecule has 3 rings (SSSR count). The maximum absolute atomic E-state index is 6.04. The van der Waals surface area contributed by atoms with Gasteiger partial charge in [-0.05, 0) is 37.1 Å². The van der Waals surface area contributed by atoms with E-state index in [-0.39, 0.29) is 6.04 Å². The highest BCUT2D eigenvalue weighted by Crippen LogP contribution is 2.19. The van der Waals surface area contributed by atoms with Crippen LogP contribution >= 0.6 is 11.6 Å². The lowest BCUT2D eigenvalue weighted by Crippen LogP contribution is -2.40. The van der Waals surface area contributed by atoms with E-state index in [0.29, 0.717) is 24.1 Å². The van der Waals surface area contributed by atoms with Gasteiger partial charge in [-0.1, -0.05) is 35.8 Å². The van der Waals surface area contributed by atoms with Crippen LogP contribution < -0.4 is 10.6 Å². The van der Waals surface area contributed by atoms with E-state index in [0.717, 1.165) is 30.0 Å². The minimum absolute atomic E-state index is 0.00750. The Morgan fingerprint density at radius 1 is 1.25 bits per heavy atom. The van der Waals surface area contributed by atoms with Gasteiger partial charge >= 0.3 is 0 Å². The summed E-state index contributed by atoms with van der Waals surface area (Å²) in [5.74, 6) is 1.46. The molecule has 1 aromatic carbocycles. The summed E-state index contributed by atoms with van der Waals surface area (Å²) < 4.78 is 7.23. The Labute approximate surface area is 169 Å². The van der Waals surface area contributed by atoms with Crippen LogP contribution in [0.3, 0.4) is 0 Å². The Hall–Kier alpha value is -2.80. The molecular weight excluding hydrogens is 376 g/mol. The SMILES string of the molecule is CCNC(=NCc1cc(CC)no1)NCC(c1ccc(Cl)cc1)n1cccn1. The van der Waals surface area contributed by atoms with Crippen molar-refractivity contribution in [2.24, 2.45) is 4.99 Å². The summed E-state index contributed by atoms with van der Waals surface area (Å²) in [6.07, 6.45) is 4.57. The van der Waals surface area contributed by atoms with E-state index >= 15 is 0 Å². The summed E-state index contributed by atoms with van der Waals surface area (Å²) in [5, 5.41) is 15.8. The van der Waals surface area contributed by atoms with E-state index in [4.69, 9.17) is 16.1 Å². The molecule has 1 atom stereocenters. The van der Waals surface area contributed by atoms with E-state index < -0.39 is 0 Å². The maximum atomic E-state index is 6.04. The van der Waals surface area contributed by atoms with Gasteiger partial charge in [0.05, 0.1) is 11.7 Å². The lowest BCUT2D eigenvalue weighted by molar-refractivity contribution is 0.379. The van der Waals surface area contributed by atoms with Crippen molar-refractivity contribution in [2.75, 3.05) is 13.1 Å². The van der Waals surface area contributed by atoms with Crippen molar-refractivity contribution in [1.29, 1.82) is 0 Å². The fraction of sp³-hybridized carbons (Fsp3) is 0.350. The number of halogens is 1. The number of aliphatic imine (C=N–C) groups is 1. The van der Waals surface area contributed by atoms with Gasteiger partial charge in [0, 0.05) is 36.6 Å². The fourth-order valence-electron chi connectivity index (χ4n) is 2.80. The molecule has 7 nitrogen and oxygen atoms in total. The number of guanidine groups is 1. The van der Waals surface area contributed by atoms with Gasteiger partial charge in [-0.25, -0.2) is 4.99 Å². The normalized spacial score (nSPS) is 12.8. The second kappa shape index (κ2) is 9.94. The summed E-state index contributed by atoms with van der Waals surface area (Å²) in [4.78, 5) is 4.60. The highest BCUT2D eigenvalue weighted by Gasteiger charge is 2.15. The largest absolute Gasteiger partial charge is 0.359 e. The number of rotatable bonds is 8. The molecule has 2 aromatic heterocycles. The van der Waals surface area contributed by atoms with Gasteiger partial charge in [0.2, 0.25) is 0 Å². The molecule has 0 aliphatic rings. The quantitative estimate of drug-likeness (QED) is 0.447. The van der Waals surface area contributed by atoms with Gasteiger partial charge in [0.25, 0.3) is 0 Å². The van der Waals surface area contributed by atoms with Crippen LogP contribution in [0, 0.1) is 0 Å². The Bertz CT molecular complexity index is 873. The van der Waals surface area contributed by atoms with Gasteiger partial charge in [-0.2, -0.15) is 5.10 Å². The third-order valence-electron chi connectivity index (χ3n) is 4.27. The van der Waals surface area contributed by atoms with Crippen LogP contribution in [-0.2, 0) is 13.0 Å². The van der Waals surface area contributed by atoms with Crippen molar-refractivity contribution in [1.82, 2.24) is 25.6 Å². The topological polar surface area (TPSA) is 80.3 Å². The van der Waals surface area contributed by atoms with Crippen LogP contribution in [0.4, 0.5) is 0 Å². The predicted octanol–water partition coefficient (Wildman–Crippen LogP) is 3.43. The average Bonchev–Trinajstić information content (AvgIpc) is 3.39. The van der Waals surface area contributed by atoms with Gasteiger partial charge in [-0.15, -0.1) is 0 Å². The molecule has 0 fully saturated rings. The van der Waals surface area contributed by atoms with E-state index in [1.54, 1.807) is 6.20 Å². The molecule has 1 unspecified atom stereocenters. The molecule has 148 valence electrons. The Kier molecular flexibility index (Phi) is 7.08. The second-order valence-corrected chi connectivity index (χ2v) is 6.70. The molecule has 0 aliphatic heterocycles. The van der Waals surface area contributed by atoms with E-state index in [2.05, 4.69) is 25.9 Å². The molecule has 2 heterocycles. The number of benzene rings is 1. The zero-order chi connectivity index (χ0) is 19.8. The highest BCUT2D eigenvalue weighted by molar-refractivity contribution is 6.30. The molecule has 28 heavy (non-hydrogen) atoms. The molecule has 0 spiro atoms. The number of nitrogens with zero attached hydrogens (tertiary/aromatic N) is 4. The third-order valence-corrected chi connectivity index (χ3v) is 4.52. The summed E-state index contributed by atoms with van der Waals surface area (Å²) in [6.45, 7) is 5.88. The predicted molar refractivity (Wildman–Crippen MR) is 111 cm³/mol. The highest BCUT2D eigenvalue weighted by atomic mass is 35.5. The number of aromatic nitrogens is 3. The fourth-order valence-corrected chi connectivity index (χ4v) is 2.93. The Morgan fingerprint density at radius 3 is 2.71 bits per heavy atom. The van der Waals surface area contributed by atoms with Crippen molar-refractivity contribution in [3.05, 3.63) is 70.8 Å². The van der Waals surface area contributed by atoms with Gasteiger partial charge in [-0.3, -0.25) is 4.68 Å². The first-order valence-electron chi connectivity index (χ1n) is 9.40. The van der Waals surface area contributed by atoms with E-state index in [1.807, 2.05) is 61.1 Å². The van der Waals surface area contributed by atoms with Crippen molar-refractivity contribution >= 4 is 17.6 Å². The number of hydrogen-bond acceptors (Lipinski definition) is 4. The minimum Gasteiger partial charge on any atom is -0.359 e. The van der Waals surface area contributed by atoms with Crippen molar-refractivity contribution in [2.45, 2.75) is 32.9 Å². The van der Waals surface area contributed by atoms with Gasteiger partial charge < -0.3 is 15.2 Å². The summed E-state index contributed by atoms with van der Waals surface area (Å²) in [7, 11) is 0. The third kappa shape index (κ3) is 5.36. The Balaban J connectivity index is 1.71. The van der Waals surface area contributed by atoms with Crippen LogP contribution in [0.15, 0.2) is 58.3 Å². The Morgan fingerprint density at radius 2 is 2.07 bits per heavy atom. The zero-order valence-electron chi connectivity index (χ0n) is 16.1. The van der Waals surface area contributed by atoms with Crippen LogP contribution in [0.2, 0.25) is 5.02 Å². The lowest BCUT2D eigenvalue weighted by Gasteiger charge is -2.20. The summed E-state index contributed by atoms with van der Waals surface area (Å²) in [5.41, 5.74) is 2.05. The van der Waals surface area contributed by atoms with E-state index in [9.17, 15) is 0 Å². The number of nitrogens with one attached hydrogen (secondary N) is 2. The maximum Gasteiger partial charge on any atom is 0.191 e. The lowest BCUT2D eigenvalue weighted by atomic mass is 10.1. The van der Waals surface area contributed by atoms with Crippen LogP contribution in [-0.4, -0.2) is 34.0 Å². The van der Waals surface area contributed by atoms with Crippen LogP contribution in [0.25, 0.3) is 0 Å². The molecule has 0 aliphatic carbocycles. The van der Waals surface area contributed by atoms with Crippen molar-refractivity contribution in [3.8, 4) is 0 Å². The molecule has 0 amide bonds. The first-order chi connectivity index (χ1) is 13.7. The standard InChI is InChI=1S/C20H25ClN6O/c1-3-17-12-18(28-26-17)13-23-20(22-4-2)24-14-19(27-11-5-10-25-27)15-6-8-16(21)9-7-15/h5-12,19H,3-4,13-14H2,1-2H3,(H2,22,23,24). The first kappa shape index (κ1) is 19.9. The minimum atomic E-state index is 0.00750. The molecular formula is C20H25ClN6O. The molecule has 0 bridgehead atoms.